The third-order valence-electron chi connectivity index (χ3n) is 3.30. The maximum absolute atomic E-state index is 12.1. The lowest BCUT2D eigenvalue weighted by Gasteiger charge is -2.26. The average molecular weight is 311 g/mol. The molecule has 1 aliphatic heterocycles. The van der Waals surface area contributed by atoms with Gasteiger partial charge in [-0.1, -0.05) is 11.6 Å². The molecule has 5 nitrogen and oxygen atoms in total. The van der Waals surface area contributed by atoms with Crippen LogP contribution < -0.4 is 14.8 Å². The number of ether oxygens (including phenoxy) is 2. The van der Waals surface area contributed by atoms with Gasteiger partial charge in [-0.15, -0.1) is 0 Å². The minimum atomic E-state index is 0.00223. The SMILES string of the molecule is COc1cc(C=CC(=O)N2CCNCC2)cc(Cl)c1OC. The molecule has 2 rings (SSSR count). The molecule has 0 aromatic heterocycles. The van der Waals surface area contributed by atoms with E-state index in [1.807, 2.05) is 4.90 Å². The highest BCUT2D eigenvalue weighted by Gasteiger charge is 2.14. The van der Waals surface area contributed by atoms with Gasteiger partial charge in [0.1, 0.15) is 0 Å². The first kappa shape index (κ1) is 15.7. The summed E-state index contributed by atoms with van der Waals surface area (Å²) in [6.07, 6.45) is 3.29. The van der Waals surface area contributed by atoms with Gasteiger partial charge in [0.15, 0.2) is 11.5 Å². The first-order valence-electron chi connectivity index (χ1n) is 6.75. The molecular weight excluding hydrogens is 292 g/mol. The molecule has 0 bridgehead atoms. The highest BCUT2D eigenvalue weighted by molar-refractivity contribution is 6.32. The smallest absolute Gasteiger partial charge is 0.246 e. The van der Waals surface area contributed by atoms with Gasteiger partial charge >= 0.3 is 0 Å². The maximum atomic E-state index is 12.1. The molecule has 114 valence electrons. The number of methoxy groups -OCH3 is 2. The molecular formula is C15H19ClN2O3. The zero-order chi connectivity index (χ0) is 15.2. The van der Waals surface area contributed by atoms with Gasteiger partial charge in [0.2, 0.25) is 5.91 Å². The summed E-state index contributed by atoms with van der Waals surface area (Å²) in [5.41, 5.74) is 0.793. The van der Waals surface area contributed by atoms with E-state index in [4.69, 9.17) is 21.1 Å². The quantitative estimate of drug-likeness (QED) is 0.862. The topological polar surface area (TPSA) is 50.8 Å². The highest BCUT2D eigenvalue weighted by Crippen LogP contribution is 2.36. The fraction of sp³-hybridized carbons (Fsp3) is 0.400. The fourth-order valence-electron chi connectivity index (χ4n) is 2.19. The molecule has 1 fully saturated rings. The van der Waals surface area contributed by atoms with Gasteiger partial charge in [-0.2, -0.15) is 0 Å². The Morgan fingerprint density at radius 2 is 2.00 bits per heavy atom. The van der Waals surface area contributed by atoms with Crippen LogP contribution in [0.4, 0.5) is 0 Å². The van der Waals surface area contributed by atoms with Crippen LogP contribution in [0, 0.1) is 0 Å². The summed E-state index contributed by atoms with van der Waals surface area (Å²) in [6, 6.07) is 3.52. The van der Waals surface area contributed by atoms with Crippen molar-refractivity contribution in [3.8, 4) is 11.5 Å². The Labute approximate surface area is 129 Å². The van der Waals surface area contributed by atoms with Gasteiger partial charge in [0, 0.05) is 32.3 Å². The Morgan fingerprint density at radius 3 is 2.62 bits per heavy atom. The highest BCUT2D eigenvalue weighted by atomic mass is 35.5. The number of amides is 1. The van der Waals surface area contributed by atoms with E-state index in [2.05, 4.69) is 5.32 Å². The van der Waals surface area contributed by atoms with Gasteiger partial charge < -0.3 is 19.7 Å². The van der Waals surface area contributed by atoms with Gasteiger partial charge in [-0.05, 0) is 23.8 Å². The van der Waals surface area contributed by atoms with Crippen molar-refractivity contribution in [1.29, 1.82) is 0 Å². The van der Waals surface area contributed by atoms with Gasteiger partial charge in [-0.3, -0.25) is 4.79 Å². The summed E-state index contributed by atoms with van der Waals surface area (Å²) >= 11 is 6.13. The predicted molar refractivity (Wildman–Crippen MR) is 83.0 cm³/mol. The normalized spacial score (nSPS) is 15.3. The molecule has 1 heterocycles. The summed E-state index contributed by atoms with van der Waals surface area (Å²) in [4.78, 5) is 13.9. The summed E-state index contributed by atoms with van der Waals surface area (Å²) in [5, 5.41) is 3.66. The van der Waals surface area contributed by atoms with Crippen LogP contribution >= 0.6 is 11.6 Å². The van der Waals surface area contributed by atoms with Crippen LogP contribution in [0.5, 0.6) is 11.5 Å². The second-order valence-corrected chi connectivity index (χ2v) is 5.05. The molecule has 1 aliphatic rings. The summed E-state index contributed by atoms with van der Waals surface area (Å²) in [7, 11) is 3.08. The lowest BCUT2D eigenvalue weighted by atomic mass is 10.1. The summed E-state index contributed by atoms with van der Waals surface area (Å²) < 4.78 is 10.4. The Hall–Kier alpha value is -1.72. The lowest BCUT2D eigenvalue weighted by Crippen LogP contribution is -2.45. The van der Waals surface area contributed by atoms with E-state index in [9.17, 15) is 4.79 Å². The first-order valence-corrected chi connectivity index (χ1v) is 7.12. The van der Waals surface area contributed by atoms with Crippen molar-refractivity contribution in [2.24, 2.45) is 0 Å². The number of rotatable bonds is 4. The summed E-state index contributed by atoms with van der Waals surface area (Å²) in [5.74, 6) is 1.03. The van der Waals surface area contributed by atoms with E-state index in [0.717, 1.165) is 31.7 Å². The standard InChI is InChI=1S/C15H19ClN2O3/c1-20-13-10-11(9-12(16)15(13)21-2)3-4-14(19)18-7-5-17-6-8-18/h3-4,9-10,17H,5-8H2,1-2H3. The largest absolute Gasteiger partial charge is 0.493 e. The van der Waals surface area contributed by atoms with E-state index in [-0.39, 0.29) is 5.91 Å². The van der Waals surface area contributed by atoms with Gasteiger partial charge in [0.25, 0.3) is 0 Å². The van der Waals surface area contributed by atoms with Crippen molar-refractivity contribution < 1.29 is 14.3 Å². The van der Waals surface area contributed by atoms with E-state index >= 15 is 0 Å². The molecule has 0 aliphatic carbocycles. The molecule has 0 spiro atoms. The molecule has 1 saturated heterocycles. The average Bonchev–Trinajstić information content (AvgIpc) is 2.52. The number of benzene rings is 1. The fourth-order valence-corrected chi connectivity index (χ4v) is 2.49. The van der Waals surface area contributed by atoms with Crippen LogP contribution in [0.15, 0.2) is 18.2 Å². The first-order chi connectivity index (χ1) is 10.2. The maximum Gasteiger partial charge on any atom is 0.246 e. The molecule has 6 heteroatoms. The number of halogens is 1. The molecule has 0 unspecified atom stereocenters. The zero-order valence-electron chi connectivity index (χ0n) is 12.2. The minimum absolute atomic E-state index is 0.00223. The Morgan fingerprint density at radius 1 is 1.29 bits per heavy atom. The van der Waals surface area contributed by atoms with Crippen LogP contribution in [0.2, 0.25) is 5.02 Å². The number of carbonyl (C=O) groups excluding carboxylic acids is 1. The molecule has 1 N–H and O–H groups in total. The van der Waals surface area contributed by atoms with Crippen molar-refractivity contribution in [3.05, 3.63) is 28.8 Å². The van der Waals surface area contributed by atoms with Crippen LogP contribution in [-0.4, -0.2) is 51.2 Å². The summed E-state index contributed by atoms with van der Waals surface area (Å²) in [6.45, 7) is 3.13. The number of nitrogens with one attached hydrogen (secondary N) is 1. The van der Waals surface area contributed by atoms with Crippen molar-refractivity contribution in [2.45, 2.75) is 0 Å². The Bertz CT molecular complexity index is 540. The number of hydrogen-bond donors (Lipinski definition) is 1. The molecule has 0 radical (unpaired) electrons. The minimum Gasteiger partial charge on any atom is -0.493 e. The van der Waals surface area contributed by atoms with Crippen molar-refractivity contribution in [3.63, 3.8) is 0 Å². The molecule has 0 atom stereocenters. The third-order valence-corrected chi connectivity index (χ3v) is 3.58. The van der Waals surface area contributed by atoms with Gasteiger partial charge in [0.05, 0.1) is 19.2 Å². The van der Waals surface area contributed by atoms with Crippen LogP contribution in [0.3, 0.4) is 0 Å². The van der Waals surface area contributed by atoms with Gasteiger partial charge in [-0.25, -0.2) is 0 Å². The zero-order valence-corrected chi connectivity index (χ0v) is 12.9. The Kier molecular flexibility index (Phi) is 5.47. The van der Waals surface area contributed by atoms with Crippen molar-refractivity contribution in [2.75, 3.05) is 40.4 Å². The second kappa shape index (κ2) is 7.33. The number of piperazine rings is 1. The number of carbonyl (C=O) groups is 1. The van der Waals surface area contributed by atoms with Crippen LogP contribution in [0.1, 0.15) is 5.56 Å². The number of hydrogen-bond acceptors (Lipinski definition) is 4. The van der Waals surface area contributed by atoms with Crippen molar-refractivity contribution >= 4 is 23.6 Å². The third kappa shape index (κ3) is 3.89. The Balaban J connectivity index is 2.13. The molecule has 0 saturated carbocycles. The van der Waals surface area contributed by atoms with E-state index in [1.54, 1.807) is 31.4 Å². The van der Waals surface area contributed by atoms with E-state index in [0.29, 0.717) is 16.5 Å². The molecule has 1 aromatic carbocycles. The molecule has 21 heavy (non-hydrogen) atoms. The lowest BCUT2D eigenvalue weighted by molar-refractivity contribution is -0.126. The molecule has 1 amide bonds. The molecule has 1 aromatic rings. The second-order valence-electron chi connectivity index (χ2n) is 4.65. The van der Waals surface area contributed by atoms with Crippen LogP contribution in [0.25, 0.3) is 6.08 Å². The number of nitrogens with zero attached hydrogens (tertiary/aromatic N) is 1. The monoisotopic (exact) mass is 310 g/mol. The van der Waals surface area contributed by atoms with Crippen LogP contribution in [-0.2, 0) is 4.79 Å². The predicted octanol–water partition coefficient (Wildman–Crippen LogP) is 1.80. The van der Waals surface area contributed by atoms with Crippen molar-refractivity contribution in [1.82, 2.24) is 10.2 Å². The van der Waals surface area contributed by atoms with E-state index in [1.165, 1.54) is 7.11 Å². The van der Waals surface area contributed by atoms with E-state index < -0.39 is 0 Å².